The van der Waals surface area contributed by atoms with Gasteiger partial charge < -0.3 is 4.74 Å². The Morgan fingerprint density at radius 2 is 2.12 bits per heavy atom. The molecule has 0 bridgehead atoms. The van der Waals surface area contributed by atoms with Crippen LogP contribution in [-0.4, -0.2) is 12.8 Å². The van der Waals surface area contributed by atoms with E-state index in [1.807, 2.05) is 44.2 Å². The fourth-order valence-electron chi connectivity index (χ4n) is 1.39. The molecule has 0 heterocycles. The van der Waals surface area contributed by atoms with Gasteiger partial charge in [-0.3, -0.25) is 4.99 Å². The van der Waals surface area contributed by atoms with Crippen LogP contribution in [0.15, 0.2) is 53.7 Å². The molecule has 0 aliphatic heterocycles. The molecule has 0 aliphatic carbocycles. The average Bonchev–Trinajstić information content (AvgIpc) is 2.29. The first-order valence-corrected chi connectivity index (χ1v) is 5.16. The summed E-state index contributed by atoms with van der Waals surface area (Å²) in [5.41, 5.74) is 2.97. The van der Waals surface area contributed by atoms with Crippen LogP contribution in [0, 0.1) is 0 Å². The zero-order chi connectivity index (χ0) is 12.0. The maximum atomic E-state index is 5.17. The predicted octanol–water partition coefficient (Wildman–Crippen LogP) is 3.59. The van der Waals surface area contributed by atoms with Crippen LogP contribution in [0.3, 0.4) is 0 Å². The van der Waals surface area contributed by atoms with Crippen LogP contribution < -0.4 is 4.74 Å². The van der Waals surface area contributed by atoms with Crippen molar-refractivity contribution in [1.29, 1.82) is 0 Å². The van der Waals surface area contributed by atoms with Crippen molar-refractivity contribution in [3.8, 4) is 5.75 Å². The smallest absolute Gasteiger partial charge is 0.119 e. The van der Waals surface area contributed by atoms with Gasteiger partial charge in [0, 0.05) is 11.4 Å². The summed E-state index contributed by atoms with van der Waals surface area (Å²) in [4.78, 5) is 4.46. The van der Waals surface area contributed by atoms with E-state index >= 15 is 0 Å². The average molecular weight is 215 g/mol. The number of allylic oxidation sites excluding steroid dienone is 3. The fraction of sp³-hybridized carbons (Fsp3) is 0.214. The Hall–Kier alpha value is -1.83. The lowest BCUT2D eigenvalue weighted by Gasteiger charge is -2.04. The molecule has 0 aliphatic rings. The summed E-state index contributed by atoms with van der Waals surface area (Å²) >= 11 is 0. The van der Waals surface area contributed by atoms with Gasteiger partial charge in [0.05, 0.1) is 7.11 Å². The number of hydrogen-bond acceptors (Lipinski definition) is 2. The Kier molecular flexibility index (Phi) is 4.52. The normalized spacial score (nSPS) is 12.4. The highest BCUT2D eigenvalue weighted by molar-refractivity contribution is 5.99. The Morgan fingerprint density at radius 1 is 1.38 bits per heavy atom. The van der Waals surface area contributed by atoms with Crippen LogP contribution in [-0.2, 0) is 0 Å². The molecule has 16 heavy (non-hydrogen) atoms. The van der Waals surface area contributed by atoms with E-state index in [1.54, 1.807) is 13.2 Å². The Labute approximate surface area is 97.0 Å². The first-order chi connectivity index (χ1) is 7.67. The van der Waals surface area contributed by atoms with Gasteiger partial charge in [0.25, 0.3) is 0 Å². The van der Waals surface area contributed by atoms with Crippen molar-refractivity contribution in [2.45, 2.75) is 13.8 Å². The Morgan fingerprint density at radius 3 is 2.75 bits per heavy atom. The van der Waals surface area contributed by atoms with Crippen molar-refractivity contribution >= 4 is 5.71 Å². The summed E-state index contributed by atoms with van der Waals surface area (Å²) in [5.74, 6) is 0.845. The minimum Gasteiger partial charge on any atom is -0.497 e. The van der Waals surface area contributed by atoms with Gasteiger partial charge in [0.15, 0.2) is 0 Å². The number of hydrogen-bond donors (Lipinski definition) is 0. The monoisotopic (exact) mass is 215 g/mol. The highest BCUT2D eigenvalue weighted by Crippen LogP contribution is 2.14. The van der Waals surface area contributed by atoms with E-state index in [-0.39, 0.29) is 0 Å². The van der Waals surface area contributed by atoms with Crippen molar-refractivity contribution in [2.75, 3.05) is 7.11 Å². The maximum absolute atomic E-state index is 5.17. The van der Waals surface area contributed by atoms with Gasteiger partial charge in [-0.05, 0) is 37.6 Å². The molecule has 0 N–H and O–H groups in total. The summed E-state index contributed by atoms with van der Waals surface area (Å²) in [6.07, 6.45) is 3.61. The molecule has 1 aromatic carbocycles. The summed E-state index contributed by atoms with van der Waals surface area (Å²) in [6.45, 7) is 7.57. The molecule has 0 amide bonds. The number of methoxy groups -OCH3 is 1. The van der Waals surface area contributed by atoms with Gasteiger partial charge in [-0.2, -0.15) is 0 Å². The molecule has 0 spiro atoms. The Bertz CT molecular complexity index is 430. The van der Waals surface area contributed by atoms with Gasteiger partial charge in [0.2, 0.25) is 0 Å². The van der Waals surface area contributed by atoms with Gasteiger partial charge in [-0.15, -0.1) is 0 Å². The molecule has 0 saturated heterocycles. The van der Waals surface area contributed by atoms with Crippen molar-refractivity contribution in [3.05, 3.63) is 54.3 Å². The predicted molar refractivity (Wildman–Crippen MR) is 69.2 cm³/mol. The van der Waals surface area contributed by atoms with E-state index in [0.29, 0.717) is 0 Å². The molecule has 0 unspecified atom stereocenters. The fourth-order valence-corrected chi connectivity index (χ4v) is 1.39. The third-order valence-electron chi connectivity index (χ3n) is 2.19. The molecule has 1 aromatic rings. The molecule has 2 heteroatoms. The lowest BCUT2D eigenvalue weighted by molar-refractivity contribution is 0.414. The molecule has 0 atom stereocenters. The second-order valence-corrected chi connectivity index (χ2v) is 3.47. The van der Waals surface area contributed by atoms with Crippen LogP contribution in [0.5, 0.6) is 5.75 Å². The highest BCUT2D eigenvalue weighted by Gasteiger charge is 1.99. The second kappa shape index (κ2) is 5.91. The number of nitrogens with zero attached hydrogens (tertiary/aromatic N) is 1. The van der Waals surface area contributed by atoms with Crippen LogP contribution in [0.2, 0.25) is 0 Å². The Balaban J connectivity index is 2.99. The third kappa shape index (κ3) is 3.39. The van der Waals surface area contributed by atoms with Gasteiger partial charge in [-0.1, -0.05) is 24.8 Å². The van der Waals surface area contributed by atoms with Crippen molar-refractivity contribution < 1.29 is 4.74 Å². The number of ether oxygens (including phenoxy) is 1. The van der Waals surface area contributed by atoms with Gasteiger partial charge in [-0.25, -0.2) is 0 Å². The standard InChI is InChI=1S/C14H17NO/c1-5-7-11(2)15-12(3)13-8-6-9-14(10-13)16-4/h5-10H,1H2,2-4H3/b11-7-,15-12+. The molecule has 0 fully saturated rings. The zero-order valence-corrected chi connectivity index (χ0v) is 10.0. The molecule has 0 radical (unpaired) electrons. The van der Waals surface area contributed by atoms with E-state index in [9.17, 15) is 0 Å². The van der Waals surface area contributed by atoms with E-state index in [1.165, 1.54) is 0 Å². The first kappa shape index (κ1) is 12.2. The molecular formula is C14H17NO. The van der Waals surface area contributed by atoms with Gasteiger partial charge in [0.1, 0.15) is 5.75 Å². The number of benzene rings is 1. The van der Waals surface area contributed by atoms with Crippen molar-refractivity contribution in [1.82, 2.24) is 0 Å². The van der Waals surface area contributed by atoms with Crippen LogP contribution >= 0.6 is 0 Å². The van der Waals surface area contributed by atoms with E-state index in [4.69, 9.17) is 4.74 Å². The summed E-state index contributed by atoms with van der Waals surface area (Å²) in [6, 6.07) is 7.87. The minimum absolute atomic E-state index is 0.845. The molecule has 2 nitrogen and oxygen atoms in total. The summed E-state index contributed by atoms with van der Waals surface area (Å²) in [7, 11) is 1.66. The summed E-state index contributed by atoms with van der Waals surface area (Å²) < 4.78 is 5.17. The van der Waals surface area contributed by atoms with Crippen LogP contribution in [0.25, 0.3) is 0 Å². The lowest BCUT2D eigenvalue weighted by Crippen LogP contribution is -1.95. The molecule has 0 saturated carbocycles. The van der Waals surface area contributed by atoms with Crippen LogP contribution in [0.4, 0.5) is 0 Å². The minimum atomic E-state index is 0.845. The summed E-state index contributed by atoms with van der Waals surface area (Å²) in [5, 5.41) is 0. The van der Waals surface area contributed by atoms with E-state index in [2.05, 4.69) is 11.6 Å². The third-order valence-corrected chi connectivity index (χ3v) is 2.19. The maximum Gasteiger partial charge on any atom is 0.119 e. The quantitative estimate of drug-likeness (QED) is 0.555. The van der Waals surface area contributed by atoms with E-state index < -0.39 is 0 Å². The largest absolute Gasteiger partial charge is 0.497 e. The molecule has 84 valence electrons. The lowest BCUT2D eigenvalue weighted by atomic mass is 10.1. The van der Waals surface area contributed by atoms with Gasteiger partial charge >= 0.3 is 0 Å². The number of aliphatic imine (C=N–C) groups is 1. The van der Waals surface area contributed by atoms with Crippen molar-refractivity contribution in [3.63, 3.8) is 0 Å². The first-order valence-electron chi connectivity index (χ1n) is 5.16. The molecular weight excluding hydrogens is 198 g/mol. The SMILES string of the molecule is C=C/C=C(C)\N=C(/C)c1cccc(OC)c1. The topological polar surface area (TPSA) is 21.6 Å². The van der Waals surface area contributed by atoms with E-state index in [0.717, 1.165) is 22.7 Å². The highest BCUT2D eigenvalue weighted by atomic mass is 16.5. The number of rotatable bonds is 4. The van der Waals surface area contributed by atoms with Crippen molar-refractivity contribution in [2.24, 2.45) is 4.99 Å². The molecule has 0 aromatic heterocycles. The zero-order valence-electron chi connectivity index (χ0n) is 10.0. The second-order valence-electron chi connectivity index (χ2n) is 3.47. The molecule has 1 rings (SSSR count). The van der Waals surface area contributed by atoms with Crippen LogP contribution in [0.1, 0.15) is 19.4 Å².